The second kappa shape index (κ2) is 10.8. The van der Waals surface area contributed by atoms with E-state index < -0.39 is 5.91 Å². The van der Waals surface area contributed by atoms with Crippen LogP contribution in [0.3, 0.4) is 0 Å². The van der Waals surface area contributed by atoms with Crippen LogP contribution in [-0.4, -0.2) is 24.7 Å². The fourth-order valence-corrected chi connectivity index (χ4v) is 2.44. The number of ether oxygens (including phenoxy) is 2. The number of nitrogens with zero attached hydrogens (tertiary/aromatic N) is 1. The molecule has 0 fully saturated rings. The molecule has 0 heterocycles. The van der Waals surface area contributed by atoms with Gasteiger partial charge in [-0.05, 0) is 54.2 Å². The normalized spacial score (nSPS) is 10.0. The lowest BCUT2D eigenvalue weighted by molar-refractivity contribution is -0.116. The van der Waals surface area contributed by atoms with Gasteiger partial charge in [0.2, 0.25) is 0 Å². The average Bonchev–Trinajstić information content (AvgIpc) is 2.69. The first-order valence-electron chi connectivity index (χ1n) is 8.00. The largest absolute Gasteiger partial charge is 0.493 e. The van der Waals surface area contributed by atoms with Gasteiger partial charge >= 0.3 is 0 Å². The predicted octanol–water partition coefficient (Wildman–Crippen LogP) is 3.28. The summed E-state index contributed by atoms with van der Waals surface area (Å²) in [5.41, 5.74) is 6.46. The molecule has 0 saturated heterocycles. The first-order valence-corrected chi connectivity index (χ1v) is 8.79. The zero-order valence-corrected chi connectivity index (χ0v) is 16.4. The summed E-state index contributed by atoms with van der Waals surface area (Å²) in [6.45, 7) is -0.0806. The molecule has 7 nitrogen and oxygen atoms in total. The molecule has 0 unspecified atom stereocenters. The van der Waals surface area contributed by atoms with Crippen LogP contribution in [0, 0.1) is 11.3 Å². The highest BCUT2D eigenvalue weighted by atomic mass is 35.5. The molecule has 2 rings (SSSR count). The van der Waals surface area contributed by atoms with E-state index in [2.05, 4.69) is 16.2 Å². The summed E-state index contributed by atoms with van der Waals surface area (Å²) in [6.07, 6.45) is 2.93. The molecule has 2 aromatic rings. The van der Waals surface area contributed by atoms with Gasteiger partial charge in [-0.3, -0.25) is 15.6 Å². The molecular weight excluding hydrogens is 400 g/mol. The molecule has 0 spiro atoms. The number of hydrazine groups is 1. The minimum Gasteiger partial charge on any atom is -0.493 e. The van der Waals surface area contributed by atoms with E-state index in [1.165, 1.54) is 13.2 Å². The Morgan fingerprint density at radius 2 is 2.07 bits per heavy atom. The van der Waals surface area contributed by atoms with Crippen LogP contribution in [0.4, 0.5) is 5.69 Å². The van der Waals surface area contributed by atoms with E-state index >= 15 is 0 Å². The lowest BCUT2D eigenvalue weighted by Gasteiger charge is -2.10. The van der Waals surface area contributed by atoms with E-state index in [4.69, 9.17) is 38.6 Å². The van der Waals surface area contributed by atoms with Gasteiger partial charge in [-0.2, -0.15) is 5.26 Å². The Hall–Kier alpha value is -3.28. The zero-order chi connectivity index (χ0) is 20.4. The molecule has 0 aromatic heterocycles. The minimum absolute atomic E-state index is 0.0806. The number of carbonyl (C=O) groups excluding carboxylic acids is 1. The molecule has 9 heteroatoms. The van der Waals surface area contributed by atoms with Gasteiger partial charge in [0, 0.05) is 16.8 Å². The number of hydrogen-bond acceptors (Lipinski definition) is 5. The summed E-state index contributed by atoms with van der Waals surface area (Å²) in [5.74, 6) is 0.506. The van der Waals surface area contributed by atoms with Gasteiger partial charge in [0.05, 0.1) is 7.11 Å². The van der Waals surface area contributed by atoms with Crippen molar-refractivity contribution in [1.82, 2.24) is 10.9 Å². The van der Waals surface area contributed by atoms with Crippen molar-refractivity contribution in [2.24, 2.45) is 0 Å². The van der Waals surface area contributed by atoms with Gasteiger partial charge in [0.1, 0.15) is 6.07 Å². The number of thiocarbonyl (C=S) groups is 1. The number of amides is 1. The Morgan fingerprint density at radius 3 is 2.79 bits per heavy atom. The third kappa shape index (κ3) is 6.79. The van der Waals surface area contributed by atoms with Crippen LogP contribution in [-0.2, 0) is 4.79 Å². The second-order valence-corrected chi connectivity index (χ2v) is 6.11. The van der Waals surface area contributed by atoms with Crippen molar-refractivity contribution in [1.29, 1.82) is 5.26 Å². The van der Waals surface area contributed by atoms with Crippen molar-refractivity contribution in [3.05, 3.63) is 59.1 Å². The molecule has 0 aliphatic heterocycles. The quantitative estimate of drug-likeness (QED) is 0.378. The monoisotopic (exact) mass is 416 g/mol. The fourth-order valence-electron chi connectivity index (χ4n) is 2.08. The van der Waals surface area contributed by atoms with Crippen molar-refractivity contribution in [3.8, 4) is 17.6 Å². The summed E-state index contributed by atoms with van der Waals surface area (Å²) in [4.78, 5) is 11.9. The Bertz CT molecular complexity index is 928. The molecule has 1 amide bonds. The van der Waals surface area contributed by atoms with Gasteiger partial charge in [0.15, 0.2) is 23.2 Å². The van der Waals surface area contributed by atoms with E-state index in [-0.39, 0.29) is 11.7 Å². The van der Waals surface area contributed by atoms with Gasteiger partial charge in [0.25, 0.3) is 5.91 Å². The average molecular weight is 417 g/mol. The summed E-state index contributed by atoms with van der Waals surface area (Å²) in [5, 5.41) is 12.3. The van der Waals surface area contributed by atoms with Gasteiger partial charge in [-0.15, -0.1) is 0 Å². The van der Waals surface area contributed by atoms with E-state index in [9.17, 15) is 4.79 Å². The van der Waals surface area contributed by atoms with Crippen molar-refractivity contribution in [2.45, 2.75) is 0 Å². The van der Waals surface area contributed by atoms with Gasteiger partial charge < -0.3 is 14.8 Å². The highest BCUT2D eigenvalue weighted by Gasteiger charge is 2.05. The summed E-state index contributed by atoms with van der Waals surface area (Å²) in [6, 6.07) is 14.0. The zero-order valence-electron chi connectivity index (χ0n) is 14.9. The molecular formula is C19H17ClN4O3S. The van der Waals surface area contributed by atoms with Crippen molar-refractivity contribution in [2.75, 3.05) is 19.0 Å². The lowest BCUT2D eigenvalue weighted by Crippen LogP contribution is -2.43. The highest BCUT2D eigenvalue weighted by Crippen LogP contribution is 2.28. The van der Waals surface area contributed by atoms with Crippen LogP contribution in [0.15, 0.2) is 48.5 Å². The highest BCUT2D eigenvalue weighted by molar-refractivity contribution is 7.80. The molecule has 0 radical (unpaired) electrons. The number of carbonyl (C=O) groups is 1. The van der Waals surface area contributed by atoms with Crippen molar-refractivity contribution in [3.63, 3.8) is 0 Å². The molecule has 0 saturated carbocycles. The molecule has 144 valence electrons. The number of nitrogens with one attached hydrogen (secondary N) is 3. The Kier molecular flexibility index (Phi) is 8.09. The van der Waals surface area contributed by atoms with Gasteiger partial charge in [-0.25, -0.2) is 0 Å². The van der Waals surface area contributed by atoms with E-state index in [1.54, 1.807) is 48.5 Å². The van der Waals surface area contributed by atoms with E-state index in [1.807, 2.05) is 6.07 Å². The first kappa shape index (κ1) is 21.0. The Labute approximate surface area is 172 Å². The number of rotatable bonds is 6. The minimum atomic E-state index is -0.404. The molecule has 0 bridgehead atoms. The third-order valence-corrected chi connectivity index (χ3v) is 3.73. The number of hydrogen-bond donors (Lipinski definition) is 3. The van der Waals surface area contributed by atoms with Gasteiger partial charge in [-0.1, -0.05) is 23.7 Å². The molecule has 0 atom stereocenters. The number of benzene rings is 2. The summed E-state index contributed by atoms with van der Waals surface area (Å²) in [7, 11) is 1.49. The Balaban J connectivity index is 1.87. The molecule has 3 N–H and O–H groups in total. The van der Waals surface area contributed by atoms with Crippen LogP contribution in [0.5, 0.6) is 11.5 Å². The molecule has 28 heavy (non-hydrogen) atoms. The second-order valence-electron chi connectivity index (χ2n) is 5.27. The van der Waals surface area contributed by atoms with Crippen LogP contribution in [0.1, 0.15) is 5.56 Å². The lowest BCUT2D eigenvalue weighted by atomic mass is 10.2. The molecule has 2 aromatic carbocycles. The van der Waals surface area contributed by atoms with Crippen LogP contribution in [0.25, 0.3) is 6.08 Å². The van der Waals surface area contributed by atoms with Crippen molar-refractivity contribution < 1.29 is 14.3 Å². The summed E-state index contributed by atoms with van der Waals surface area (Å²) < 4.78 is 10.5. The maximum atomic E-state index is 11.9. The SMILES string of the molecule is COc1cc(/C=C/C(=O)NNC(=S)Nc2cccc(Cl)c2)ccc1OCC#N. The predicted molar refractivity (Wildman–Crippen MR) is 112 cm³/mol. The number of nitriles is 1. The maximum Gasteiger partial charge on any atom is 0.262 e. The topological polar surface area (TPSA) is 95.4 Å². The van der Waals surface area contributed by atoms with Crippen LogP contribution < -0.4 is 25.6 Å². The van der Waals surface area contributed by atoms with E-state index in [0.717, 1.165) is 5.56 Å². The number of anilines is 1. The van der Waals surface area contributed by atoms with Crippen LogP contribution in [0.2, 0.25) is 5.02 Å². The third-order valence-electron chi connectivity index (χ3n) is 3.29. The maximum absolute atomic E-state index is 11.9. The molecule has 0 aliphatic carbocycles. The first-order chi connectivity index (χ1) is 13.5. The van der Waals surface area contributed by atoms with Crippen LogP contribution >= 0.6 is 23.8 Å². The number of methoxy groups -OCH3 is 1. The standard InChI is InChI=1S/C19H17ClN4O3S/c1-26-17-11-13(5-7-16(17)27-10-9-21)6-8-18(25)23-24-19(28)22-15-4-2-3-14(20)12-15/h2-8,11-12H,10H2,1H3,(H,23,25)(H2,22,24,28)/b8-6+. The number of halogens is 1. The van der Waals surface area contributed by atoms with E-state index in [0.29, 0.717) is 22.2 Å². The fraction of sp³-hybridized carbons (Fsp3) is 0.105. The smallest absolute Gasteiger partial charge is 0.262 e. The van der Waals surface area contributed by atoms with Crippen molar-refractivity contribution >= 4 is 46.6 Å². The molecule has 0 aliphatic rings. The Morgan fingerprint density at radius 1 is 1.25 bits per heavy atom. The summed E-state index contributed by atoms with van der Waals surface area (Å²) >= 11 is 11.0.